The third-order valence-electron chi connectivity index (χ3n) is 3.39. The highest BCUT2D eigenvalue weighted by atomic mass is 16.4. The van der Waals surface area contributed by atoms with Crippen LogP contribution in [0.2, 0.25) is 0 Å². The number of amides is 1. The Kier molecular flexibility index (Phi) is 2.11. The first kappa shape index (κ1) is 10.2. The van der Waals surface area contributed by atoms with Gasteiger partial charge in [-0.1, -0.05) is 0 Å². The van der Waals surface area contributed by atoms with Crippen molar-refractivity contribution in [2.24, 2.45) is 0 Å². The van der Waals surface area contributed by atoms with E-state index >= 15 is 0 Å². The molecule has 0 spiro atoms. The summed E-state index contributed by atoms with van der Waals surface area (Å²) in [7, 11) is 0. The first-order valence-corrected chi connectivity index (χ1v) is 4.91. The highest BCUT2D eigenvalue weighted by Gasteiger charge is 2.53. The maximum atomic E-state index is 10.9. The predicted molar refractivity (Wildman–Crippen MR) is 48.5 cm³/mol. The lowest BCUT2D eigenvalue weighted by molar-refractivity contribution is -0.165. The molecule has 2 saturated heterocycles. The van der Waals surface area contributed by atoms with E-state index in [1.54, 1.807) is 0 Å². The fraction of sp³-hybridized carbons (Fsp3) is 0.778. The first-order valence-electron chi connectivity index (χ1n) is 4.91. The van der Waals surface area contributed by atoms with Crippen molar-refractivity contribution in [3.8, 4) is 0 Å². The summed E-state index contributed by atoms with van der Waals surface area (Å²) in [6.07, 6.45) is 0.282. The summed E-state index contributed by atoms with van der Waals surface area (Å²) < 4.78 is 0. The molecule has 0 aromatic heterocycles. The number of nitrogens with zero attached hydrogens (tertiary/aromatic N) is 1. The van der Waals surface area contributed by atoms with E-state index in [1.807, 2.05) is 0 Å². The van der Waals surface area contributed by atoms with Crippen LogP contribution in [-0.4, -0.2) is 50.0 Å². The van der Waals surface area contributed by atoms with Crippen LogP contribution >= 0.6 is 0 Å². The molecule has 2 fully saturated rings. The van der Waals surface area contributed by atoms with Crippen LogP contribution in [0.25, 0.3) is 0 Å². The van der Waals surface area contributed by atoms with Crippen LogP contribution in [0.3, 0.4) is 0 Å². The molecule has 15 heavy (non-hydrogen) atoms. The molecule has 6 heteroatoms. The fourth-order valence-electron chi connectivity index (χ4n) is 2.71. The minimum Gasteiger partial charge on any atom is -0.479 e. The number of rotatable bonds is 1. The standard InChI is InChI=1S/C9H13NO5/c11-7(12)9(15)3-5-1-2-6(4-9)10(5)8(13)14/h5-6,15H,1-4H2,(H,11,12)(H,13,14)/t5-,6+,9?. The van der Waals surface area contributed by atoms with Crippen LogP contribution in [0.1, 0.15) is 25.7 Å². The number of carbonyl (C=O) groups is 2. The van der Waals surface area contributed by atoms with E-state index in [4.69, 9.17) is 10.2 Å². The zero-order chi connectivity index (χ0) is 11.2. The van der Waals surface area contributed by atoms with Gasteiger partial charge in [-0.15, -0.1) is 0 Å². The van der Waals surface area contributed by atoms with Crippen molar-refractivity contribution < 1.29 is 24.9 Å². The second-order valence-corrected chi connectivity index (χ2v) is 4.32. The maximum absolute atomic E-state index is 10.9. The molecule has 2 bridgehead atoms. The van der Waals surface area contributed by atoms with Gasteiger partial charge < -0.3 is 20.2 Å². The first-order chi connectivity index (χ1) is 6.94. The predicted octanol–water partition coefficient (Wildman–Crippen LogP) is 0.107. The Hall–Kier alpha value is -1.30. The SMILES string of the molecule is O=C(O)N1[C@@H]2CC[C@H]1CC(O)(C(=O)O)C2. The summed E-state index contributed by atoms with van der Waals surface area (Å²) in [4.78, 5) is 23.0. The molecule has 84 valence electrons. The number of hydrogen-bond donors (Lipinski definition) is 3. The summed E-state index contributed by atoms with van der Waals surface area (Å²) in [5.74, 6) is -1.25. The summed E-state index contributed by atoms with van der Waals surface area (Å²) in [5, 5.41) is 27.6. The molecule has 0 saturated carbocycles. The molecule has 2 aliphatic rings. The van der Waals surface area contributed by atoms with E-state index in [-0.39, 0.29) is 24.9 Å². The van der Waals surface area contributed by atoms with E-state index in [9.17, 15) is 14.7 Å². The molecule has 1 unspecified atom stereocenters. The number of hydrogen-bond acceptors (Lipinski definition) is 3. The van der Waals surface area contributed by atoms with Gasteiger partial charge in [0.25, 0.3) is 0 Å². The van der Waals surface area contributed by atoms with Crippen molar-refractivity contribution >= 4 is 12.1 Å². The van der Waals surface area contributed by atoms with E-state index in [0.29, 0.717) is 12.8 Å². The van der Waals surface area contributed by atoms with Gasteiger partial charge in [-0.05, 0) is 12.8 Å². The third-order valence-corrected chi connectivity index (χ3v) is 3.39. The van der Waals surface area contributed by atoms with E-state index in [0.717, 1.165) is 0 Å². The smallest absolute Gasteiger partial charge is 0.407 e. The van der Waals surface area contributed by atoms with Gasteiger partial charge in [0, 0.05) is 24.9 Å². The molecular weight excluding hydrogens is 202 g/mol. The van der Waals surface area contributed by atoms with Crippen LogP contribution < -0.4 is 0 Å². The molecule has 0 radical (unpaired) electrons. The minimum atomic E-state index is -1.74. The summed E-state index contributed by atoms with van der Waals surface area (Å²) in [6, 6.07) is -0.690. The van der Waals surface area contributed by atoms with Crippen molar-refractivity contribution in [1.29, 1.82) is 0 Å². The highest BCUT2D eigenvalue weighted by Crippen LogP contribution is 2.40. The van der Waals surface area contributed by atoms with Crippen molar-refractivity contribution in [2.75, 3.05) is 0 Å². The van der Waals surface area contributed by atoms with Gasteiger partial charge in [-0.25, -0.2) is 9.59 Å². The van der Waals surface area contributed by atoms with Crippen LogP contribution in [-0.2, 0) is 4.79 Å². The largest absolute Gasteiger partial charge is 0.479 e. The van der Waals surface area contributed by atoms with E-state index in [1.165, 1.54) is 4.90 Å². The van der Waals surface area contributed by atoms with Crippen LogP contribution in [0.5, 0.6) is 0 Å². The van der Waals surface area contributed by atoms with Gasteiger partial charge in [0.15, 0.2) is 5.60 Å². The van der Waals surface area contributed by atoms with E-state index < -0.39 is 17.7 Å². The van der Waals surface area contributed by atoms with Gasteiger partial charge in [0.1, 0.15) is 0 Å². The number of aliphatic hydroxyl groups is 1. The van der Waals surface area contributed by atoms with Gasteiger partial charge >= 0.3 is 12.1 Å². The Bertz CT molecular complexity index is 302. The van der Waals surface area contributed by atoms with Gasteiger partial charge in [-0.3, -0.25) is 0 Å². The fourth-order valence-corrected chi connectivity index (χ4v) is 2.71. The quantitative estimate of drug-likeness (QED) is 0.576. The van der Waals surface area contributed by atoms with Crippen LogP contribution in [0.4, 0.5) is 4.79 Å². The Morgan fingerprint density at radius 2 is 1.60 bits per heavy atom. The summed E-state index contributed by atoms with van der Waals surface area (Å²) in [5.41, 5.74) is -1.74. The van der Waals surface area contributed by atoms with E-state index in [2.05, 4.69) is 0 Å². The van der Waals surface area contributed by atoms with Gasteiger partial charge in [-0.2, -0.15) is 0 Å². The normalized spacial score (nSPS) is 39.1. The third kappa shape index (κ3) is 1.45. The molecule has 0 aromatic carbocycles. The molecule has 2 heterocycles. The van der Waals surface area contributed by atoms with Crippen molar-refractivity contribution in [3.63, 3.8) is 0 Å². The molecule has 2 rings (SSSR count). The molecule has 3 atom stereocenters. The lowest BCUT2D eigenvalue weighted by Crippen LogP contribution is -2.56. The monoisotopic (exact) mass is 215 g/mol. The lowest BCUT2D eigenvalue weighted by atomic mass is 9.86. The Morgan fingerprint density at radius 1 is 1.13 bits per heavy atom. The Labute approximate surface area is 86.1 Å². The molecule has 0 aromatic rings. The van der Waals surface area contributed by atoms with Crippen molar-refractivity contribution in [3.05, 3.63) is 0 Å². The zero-order valence-corrected chi connectivity index (χ0v) is 8.09. The van der Waals surface area contributed by atoms with Gasteiger partial charge in [0.05, 0.1) is 0 Å². The molecular formula is C9H13NO5. The molecule has 3 N–H and O–H groups in total. The number of piperidine rings is 1. The molecule has 0 aliphatic carbocycles. The second kappa shape index (κ2) is 3.10. The average Bonchev–Trinajstić information content (AvgIpc) is 2.39. The lowest BCUT2D eigenvalue weighted by Gasteiger charge is -2.39. The molecule has 6 nitrogen and oxygen atoms in total. The van der Waals surface area contributed by atoms with Crippen molar-refractivity contribution in [2.45, 2.75) is 43.4 Å². The average molecular weight is 215 g/mol. The topological polar surface area (TPSA) is 98.1 Å². The maximum Gasteiger partial charge on any atom is 0.407 e. The minimum absolute atomic E-state index is 0.00509. The number of aliphatic carboxylic acids is 1. The number of carboxylic acid groups (broad SMARTS) is 2. The Balaban J connectivity index is 2.21. The van der Waals surface area contributed by atoms with Gasteiger partial charge in [0.2, 0.25) is 0 Å². The zero-order valence-electron chi connectivity index (χ0n) is 8.09. The van der Waals surface area contributed by atoms with Crippen LogP contribution in [0, 0.1) is 0 Å². The summed E-state index contributed by atoms with van der Waals surface area (Å²) >= 11 is 0. The van der Waals surface area contributed by atoms with Crippen molar-refractivity contribution in [1.82, 2.24) is 4.90 Å². The molecule has 2 aliphatic heterocycles. The number of fused-ring (bicyclic) bond motifs is 2. The second-order valence-electron chi connectivity index (χ2n) is 4.32. The van der Waals surface area contributed by atoms with Crippen LogP contribution in [0.15, 0.2) is 0 Å². The highest BCUT2D eigenvalue weighted by molar-refractivity contribution is 5.78. The molecule has 1 amide bonds. The number of carboxylic acids is 1. The Morgan fingerprint density at radius 3 is 1.93 bits per heavy atom. The summed E-state index contributed by atoms with van der Waals surface area (Å²) in [6.45, 7) is 0.